The van der Waals surface area contributed by atoms with Crippen LogP contribution in [-0.2, 0) is 0 Å². The van der Waals surface area contributed by atoms with Gasteiger partial charge < -0.3 is 0 Å². The SMILES string of the molecule is CCI(C)C(=O)O. The first-order valence-corrected chi connectivity index (χ1v) is 6.73. The average Bonchev–Trinajstić information content (AvgIpc) is 1.65. The van der Waals surface area contributed by atoms with Gasteiger partial charge in [-0.15, -0.1) is 0 Å². The first-order chi connectivity index (χ1) is 3.18. The van der Waals surface area contributed by atoms with Gasteiger partial charge in [0.1, 0.15) is 0 Å². The number of carboxylic acid groups (broad SMARTS) is 1. The predicted octanol–water partition coefficient (Wildman–Crippen LogP) is 1.82. The normalized spacial score (nSPS) is 10.9. The Morgan fingerprint density at radius 2 is 2.29 bits per heavy atom. The minimum atomic E-state index is -1.49. The molecular weight excluding hydrogens is 207 g/mol. The maximum atomic E-state index is 10.00. The molecule has 0 rings (SSSR count). The molecule has 0 aromatic rings. The zero-order valence-corrected chi connectivity index (χ0v) is 6.60. The van der Waals surface area contributed by atoms with Crippen molar-refractivity contribution < 1.29 is 9.90 Å². The summed E-state index contributed by atoms with van der Waals surface area (Å²) in [5.41, 5.74) is 0. The third-order valence-electron chi connectivity index (χ3n) is 0.677. The summed E-state index contributed by atoms with van der Waals surface area (Å²) in [4.78, 5) is 11.9. The van der Waals surface area contributed by atoms with Crippen LogP contribution in [0.3, 0.4) is 0 Å². The Hall–Kier alpha value is 0.200. The van der Waals surface area contributed by atoms with Crippen LogP contribution < -0.4 is 0 Å². The van der Waals surface area contributed by atoms with Gasteiger partial charge in [-0.1, -0.05) is 0 Å². The van der Waals surface area contributed by atoms with Gasteiger partial charge in [0.25, 0.3) is 0 Å². The van der Waals surface area contributed by atoms with Gasteiger partial charge in [0.2, 0.25) is 0 Å². The van der Waals surface area contributed by atoms with E-state index < -0.39 is 23.8 Å². The van der Waals surface area contributed by atoms with Crippen LogP contribution in [0.5, 0.6) is 0 Å². The summed E-state index contributed by atoms with van der Waals surface area (Å²) >= 11 is -1.49. The summed E-state index contributed by atoms with van der Waals surface area (Å²) in [6.07, 6.45) is 0. The fourth-order valence-corrected chi connectivity index (χ4v) is 0.767. The quantitative estimate of drug-likeness (QED) is 0.434. The predicted molar refractivity (Wildman–Crippen MR) is 38.5 cm³/mol. The van der Waals surface area contributed by atoms with E-state index in [0.29, 0.717) is 0 Å². The van der Waals surface area contributed by atoms with Crippen molar-refractivity contribution in [2.45, 2.75) is 6.92 Å². The Bertz CT molecular complexity index is 72.1. The van der Waals surface area contributed by atoms with Crippen LogP contribution in [0.1, 0.15) is 6.92 Å². The number of carbonyl (C=O) groups is 1. The van der Waals surface area contributed by atoms with Gasteiger partial charge >= 0.3 is 50.0 Å². The van der Waals surface area contributed by atoms with E-state index >= 15 is 0 Å². The van der Waals surface area contributed by atoms with Gasteiger partial charge in [-0.3, -0.25) is 0 Å². The second kappa shape index (κ2) is 3.23. The van der Waals surface area contributed by atoms with E-state index in [-0.39, 0.29) is 0 Å². The van der Waals surface area contributed by atoms with Crippen molar-refractivity contribution in [3.63, 3.8) is 0 Å². The monoisotopic (exact) mass is 216 g/mol. The van der Waals surface area contributed by atoms with Crippen molar-refractivity contribution in [3.8, 4) is 0 Å². The zero-order valence-electron chi connectivity index (χ0n) is 4.44. The van der Waals surface area contributed by atoms with Crippen molar-refractivity contribution >= 4 is 23.8 Å². The second-order valence-corrected chi connectivity index (χ2v) is 6.93. The molecule has 0 heterocycles. The topological polar surface area (TPSA) is 37.3 Å². The van der Waals surface area contributed by atoms with Crippen LogP contribution in [-0.4, -0.2) is 18.4 Å². The van der Waals surface area contributed by atoms with E-state index in [4.69, 9.17) is 5.11 Å². The molecule has 0 amide bonds. The van der Waals surface area contributed by atoms with E-state index in [2.05, 4.69) is 0 Å². The molecule has 0 aliphatic carbocycles. The van der Waals surface area contributed by atoms with Gasteiger partial charge in [0.15, 0.2) is 0 Å². The summed E-state index contributed by atoms with van der Waals surface area (Å²) in [5, 5.41) is 8.25. The van der Waals surface area contributed by atoms with Crippen LogP contribution in [0.4, 0.5) is 4.79 Å². The maximum absolute atomic E-state index is 10.00. The first kappa shape index (κ1) is 7.20. The summed E-state index contributed by atoms with van der Waals surface area (Å²) < 4.78 is 0.325. The minimum absolute atomic E-state index is 0.549. The molecule has 0 fully saturated rings. The molecule has 0 spiro atoms. The Morgan fingerprint density at radius 1 is 1.86 bits per heavy atom. The third kappa shape index (κ3) is 2.85. The molecule has 0 aliphatic heterocycles. The molecule has 0 saturated carbocycles. The van der Waals surface area contributed by atoms with Crippen LogP contribution in [0.2, 0.25) is 0 Å². The van der Waals surface area contributed by atoms with E-state index in [9.17, 15) is 4.79 Å². The number of halogens is 1. The Morgan fingerprint density at radius 3 is 2.29 bits per heavy atom. The van der Waals surface area contributed by atoms with Crippen molar-refractivity contribution in [3.05, 3.63) is 0 Å². The number of alkyl halides is 2. The van der Waals surface area contributed by atoms with Crippen molar-refractivity contribution in [1.82, 2.24) is 0 Å². The summed E-state index contributed by atoms with van der Waals surface area (Å²) in [6, 6.07) is 0. The van der Waals surface area contributed by atoms with Crippen LogP contribution in [0, 0.1) is 0 Å². The molecule has 0 unspecified atom stereocenters. The zero-order chi connectivity index (χ0) is 5.86. The molecule has 3 heteroatoms. The van der Waals surface area contributed by atoms with Crippen LogP contribution in [0.15, 0.2) is 0 Å². The van der Waals surface area contributed by atoms with Gasteiger partial charge in [0.05, 0.1) is 0 Å². The molecule has 2 nitrogen and oxygen atoms in total. The Balaban J connectivity index is 3.34. The van der Waals surface area contributed by atoms with Crippen LogP contribution >= 0.6 is 19.8 Å². The average molecular weight is 216 g/mol. The summed E-state index contributed by atoms with van der Waals surface area (Å²) in [5.74, 6) is 0. The van der Waals surface area contributed by atoms with E-state index in [1.807, 2.05) is 11.9 Å². The number of rotatable bonds is 2. The molecule has 0 saturated heterocycles. The van der Waals surface area contributed by atoms with Crippen molar-refractivity contribution in [2.75, 3.05) is 9.36 Å². The molecule has 0 radical (unpaired) electrons. The molecular formula is C4H9IO2. The van der Waals surface area contributed by atoms with E-state index in [1.54, 1.807) is 0 Å². The Labute approximate surface area is 50.3 Å². The van der Waals surface area contributed by atoms with Gasteiger partial charge in [-0.2, -0.15) is 0 Å². The van der Waals surface area contributed by atoms with Gasteiger partial charge in [-0.05, 0) is 0 Å². The number of hydrogen-bond acceptors (Lipinski definition) is 1. The molecule has 0 aromatic carbocycles. The van der Waals surface area contributed by atoms with Gasteiger partial charge in [-0.25, -0.2) is 0 Å². The molecule has 0 atom stereocenters. The molecule has 44 valence electrons. The molecule has 1 N–H and O–H groups in total. The van der Waals surface area contributed by atoms with E-state index in [1.165, 1.54) is 0 Å². The van der Waals surface area contributed by atoms with Gasteiger partial charge in [0, 0.05) is 0 Å². The summed E-state index contributed by atoms with van der Waals surface area (Å²) in [6.45, 7) is 1.93. The molecule has 0 bridgehead atoms. The molecule has 0 aromatic heterocycles. The number of hydrogen-bond donors (Lipinski definition) is 1. The fourth-order valence-electron chi connectivity index (χ4n) is 0.114. The Kier molecular flexibility index (Phi) is 3.33. The van der Waals surface area contributed by atoms with E-state index in [0.717, 1.165) is 4.43 Å². The standard InChI is InChI=1S/C4H9IO2/c1-3-5(2)4(6)7/h3H2,1-2H3,(H,6,7). The molecule has 7 heavy (non-hydrogen) atoms. The first-order valence-electron chi connectivity index (χ1n) is 1.97. The molecule has 0 aliphatic rings. The van der Waals surface area contributed by atoms with Crippen LogP contribution in [0.25, 0.3) is 0 Å². The summed E-state index contributed by atoms with van der Waals surface area (Å²) in [7, 11) is 0. The third-order valence-corrected chi connectivity index (χ3v) is 4.54. The van der Waals surface area contributed by atoms with Crippen molar-refractivity contribution in [2.24, 2.45) is 0 Å². The fraction of sp³-hybridized carbons (Fsp3) is 0.750. The van der Waals surface area contributed by atoms with Crippen molar-refractivity contribution in [1.29, 1.82) is 0 Å². The second-order valence-electron chi connectivity index (χ2n) is 1.11.